The molecule has 1 aliphatic carbocycles. The Morgan fingerprint density at radius 2 is 2.19 bits per heavy atom. The lowest BCUT2D eigenvalue weighted by atomic mass is 9.87. The first-order chi connectivity index (χ1) is 15.2. The Labute approximate surface area is 182 Å². The zero-order valence-electron chi connectivity index (χ0n) is 16.5. The van der Waals surface area contributed by atoms with Crippen molar-refractivity contribution < 1.29 is 9.52 Å². The molecule has 4 N–H and O–H groups in total. The van der Waals surface area contributed by atoms with E-state index in [9.17, 15) is 5.11 Å². The molecule has 8 nitrogen and oxygen atoms in total. The maximum absolute atomic E-state index is 9.31. The van der Waals surface area contributed by atoms with Gasteiger partial charge in [-0.3, -0.25) is 4.72 Å². The maximum Gasteiger partial charge on any atom is 0.229 e. The van der Waals surface area contributed by atoms with Crippen molar-refractivity contribution in [3.63, 3.8) is 0 Å². The van der Waals surface area contributed by atoms with Gasteiger partial charge in [-0.05, 0) is 49.1 Å². The Morgan fingerprint density at radius 1 is 1.29 bits per heavy atom. The summed E-state index contributed by atoms with van der Waals surface area (Å²) >= 11 is 1.56. The van der Waals surface area contributed by atoms with Crippen molar-refractivity contribution in [2.45, 2.75) is 36.4 Å². The third kappa shape index (κ3) is 4.01. The van der Waals surface area contributed by atoms with Gasteiger partial charge < -0.3 is 19.8 Å². The molecule has 1 aliphatic rings. The zero-order chi connectivity index (χ0) is 21.2. The highest BCUT2D eigenvalue weighted by molar-refractivity contribution is 7.97. The average Bonchev–Trinajstić information content (AvgIpc) is 3.44. The summed E-state index contributed by atoms with van der Waals surface area (Å²) < 4.78 is 9.05. The largest absolute Gasteiger partial charge is 0.444 e. The first-order valence-corrected chi connectivity index (χ1v) is 10.8. The topological polar surface area (TPSA) is 123 Å². The van der Waals surface area contributed by atoms with E-state index in [1.165, 1.54) is 6.26 Å². The van der Waals surface area contributed by atoms with Crippen LogP contribution < -0.4 is 10.0 Å². The van der Waals surface area contributed by atoms with Crippen LogP contribution in [0, 0.1) is 11.3 Å². The van der Waals surface area contributed by atoms with Gasteiger partial charge in [-0.1, -0.05) is 6.07 Å². The summed E-state index contributed by atoms with van der Waals surface area (Å²) in [5, 5.41) is 22.9. The quantitative estimate of drug-likeness (QED) is 0.325. The van der Waals surface area contributed by atoms with Gasteiger partial charge in [0.2, 0.25) is 5.89 Å². The van der Waals surface area contributed by atoms with Crippen LogP contribution in [-0.2, 0) is 6.61 Å². The van der Waals surface area contributed by atoms with Crippen molar-refractivity contribution in [2.24, 2.45) is 0 Å². The lowest BCUT2D eigenvalue weighted by Crippen LogP contribution is -2.45. The average molecular weight is 433 g/mol. The second-order valence-electron chi connectivity index (χ2n) is 7.46. The number of H-pyrrole nitrogens is 1. The highest BCUT2D eigenvalue weighted by Gasteiger charge is 2.30. The van der Waals surface area contributed by atoms with Gasteiger partial charge in [0, 0.05) is 34.8 Å². The molecule has 0 saturated heterocycles. The van der Waals surface area contributed by atoms with E-state index in [1.54, 1.807) is 24.2 Å². The number of rotatable bonds is 7. The van der Waals surface area contributed by atoms with Gasteiger partial charge in [0.15, 0.2) is 0 Å². The summed E-state index contributed by atoms with van der Waals surface area (Å²) in [6.45, 7) is -0.170. The molecule has 3 aromatic heterocycles. The maximum atomic E-state index is 9.31. The Balaban J connectivity index is 1.27. The number of aromatic nitrogens is 3. The molecule has 0 radical (unpaired) electrons. The van der Waals surface area contributed by atoms with Gasteiger partial charge in [0.1, 0.15) is 17.6 Å². The highest BCUT2D eigenvalue weighted by atomic mass is 32.2. The van der Waals surface area contributed by atoms with Crippen molar-refractivity contribution >= 4 is 28.7 Å². The molecule has 0 spiro atoms. The molecule has 3 heterocycles. The van der Waals surface area contributed by atoms with Gasteiger partial charge in [0.05, 0.1) is 29.5 Å². The summed E-state index contributed by atoms with van der Waals surface area (Å²) in [4.78, 5) is 13.0. The molecule has 5 rings (SSSR count). The summed E-state index contributed by atoms with van der Waals surface area (Å²) in [5.74, 6) is 0.434. The van der Waals surface area contributed by atoms with E-state index >= 15 is 0 Å². The molecule has 0 amide bonds. The van der Waals surface area contributed by atoms with Crippen LogP contribution >= 0.6 is 11.9 Å². The molecule has 156 valence electrons. The fourth-order valence-electron chi connectivity index (χ4n) is 3.65. The highest BCUT2D eigenvalue weighted by Crippen LogP contribution is 2.36. The minimum absolute atomic E-state index is 0.170. The molecular weight excluding hydrogens is 412 g/mol. The summed E-state index contributed by atoms with van der Waals surface area (Å²) in [6, 6.07) is 12.4. The van der Waals surface area contributed by atoms with Crippen LogP contribution in [0.4, 0.5) is 5.69 Å². The number of benzene rings is 1. The second kappa shape index (κ2) is 8.43. The van der Waals surface area contributed by atoms with Crippen molar-refractivity contribution in [1.82, 2.24) is 19.7 Å². The normalized spacial score (nSPS) is 17.9. The number of oxazole rings is 1. The first kappa shape index (κ1) is 19.6. The number of aromatic amines is 1. The number of pyridine rings is 1. The lowest BCUT2D eigenvalue weighted by Gasteiger charge is -2.37. The van der Waals surface area contributed by atoms with Crippen molar-refractivity contribution in [2.75, 3.05) is 5.32 Å². The predicted molar refractivity (Wildman–Crippen MR) is 118 cm³/mol. The molecule has 0 aliphatic heterocycles. The Kier molecular flexibility index (Phi) is 5.34. The second-order valence-corrected chi connectivity index (χ2v) is 8.37. The molecule has 0 bridgehead atoms. The van der Waals surface area contributed by atoms with Crippen LogP contribution in [0.25, 0.3) is 22.5 Å². The van der Waals surface area contributed by atoms with E-state index in [-0.39, 0.29) is 6.61 Å². The van der Waals surface area contributed by atoms with E-state index in [0.717, 1.165) is 40.0 Å². The molecule has 9 heteroatoms. The third-order valence-corrected chi connectivity index (χ3v) is 6.26. The minimum atomic E-state index is -0.170. The number of anilines is 1. The number of aliphatic hydroxyl groups is 1. The summed E-state index contributed by atoms with van der Waals surface area (Å²) in [7, 11) is 0. The fraction of sp³-hybridized carbons (Fsp3) is 0.227. The van der Waals surface area contributed by atoms with E-state index in [4.69, 9.17) is 9.68 Å². The van der Waals surface area contributed by atoms with E-state index < -0.39 is 0 Å². The smallest absolute Gasteiger partial charge is 0.229 e. The van der Waals surface area contributed by atoms with Crippen molar-refractivity contribution in [1.29, 1.82) is 5.26 Å². The van der Waals surface area contributed by atoms with Crippen molar-refractivity contribution in [3.05, 3.63) is 60.2 Å². The van der Waals surface area contributed by atoms with Crippen molar-refractivity contribution in [3.8, 4) is 17.5 Å². The Bertz CT molecular complexity index is 1250. The first-order valence-electron chi connectivity index (χ1n) is 9.94. The van der Waals surface area contributed by atoms with E-state index in [1.807, 2.05) is 30.5 Å². The number of aliphatic hydroxyl groups excluding tert-OH is 1. The number of nitrogens with one attached hydrogen (secondary N) is 3. The minimum Gasteiger partial charge on any atom is -0.444 e. The van der Waals surface area contributed by atoms with Gasteiger partial charge >= 0.3 is 0 Å². The van der Waals surface area contributed by atoms with Crippen LogP contribution in [0.3, 0.4) is 0 Å². The number of nitrogens with zero attached hydrogens (tertiary/aromatic N) is 3. The summed E-state index contributed by atoms with van der Waals surface area (Å²) in [6.07, 6.45) is 6.99. The number of hydrogen-bond acceptors (Lipinski definition) is 8. The molecule has 31 heavy (non-hydrogen) atoms. The molecule has 0 unspecified atom stereocenters. The standard InChI is InChI=1S/C22H20N6O2S/c23-9-13-2-1-3-17(6-13)31-28-15-7-14(8-15)26-20-18-4-5-24-21(18)25-10-19(20)22-27-16(11-29)12-30-22/h1-6,10,12,14-15,28-29H,7-8,11H2,(H2,24,25,26)/t14-,15+. The predicted octanol–water partition coefficient (Wildman–Crippen LogP) is 3.82. The molecule has 1 aromatic carbocycles. The number of hydrogen-bond donors (Lipinski definition) is 4. The van der Waals surface area contributed by atoms with E-state index in [0.29, 0.717) is 29.2 Å². The van der Waals surface area contributed by atoms with Gasteiger partial charge in [0.25, 0.3) is 0 Å². The van der Waals surface area contributed by atoms with Crippen LogP contribution in [0.2, 0.25) is 0 Å². The molecule has 0 atom stereocenters. The molecule has 1 saturated carbocycles. The Hall–Kier alpha value is -3.32. The zero-order valence-corrected chi connectivity index (χ0v) is 17.3. The van der Waals surface area contributed by atoms with Crippen LogP contribution in [0.1, 0.15) is 24.1 Å². The number of fused-ring (bicyclic) bond motifs is 1. The van der Waals surface area contributed by atoms with E-state index in [2.05, 4.69) is 31.1 Å². The molecule has 1 fully saturated rings. The van der Waals surface area contributed by atoms with Crippen LogP contribution in [0.5, 0.6) is 0 Å². The van der Waals surface area contributed by atoms with Gasteiger partial charge in [-0.15, -0.1) is 0 Å². The SMILES string of the molecule is N#Cc1cccc(SN[C@H]2C[C@@H](Nc3c(-c4nc(CO)co4)cnc4[nH]ccc34)C2)c1. The fourth-order valence-corrected chi connectivity index (χ4v) is 4.47. The third-order valence-electron chi connectivity index (χ3n) is 5.32. The Morgan fingerprint density at radius 3 is 3.00 bits per heavy atom. The summed E-state index contributed by atoms with van der Waals surface area (Å²) in [5.41, 5.74) is 3.64. The van der Waals surface area contributed by atoms with Crippen LogP contribution in [0.15, 0.2) is 58.3 Å². The molecule has 4 aromatic rings. The molecular formula is C22H20N6O2S. The monoisotopic (exact) mass is 432 g/mol. The van der Waals surface area contributed by atoms with Crippen LogP contribution in [-0.4, -0.2) is 32.1 Å². The van der Waals surface area contributed by atoms with Gasteiger partial charge in [-0.2, -0.15) is 5.26 Å². The van der Waals surface area contributed by atoms with Gasteiger partial charge in [-0.25, -0.2) is 9.97 Å². The number of nitriles is 1. The lowest BCUT2D eigenvalue weighted by molar-refractivity contribution is 0.276.